The van der Waals surface area contributed by atoms with E-state index in [0.717, 1.165) is 21.7 Å². The Balaban J connectivity index is 1.52. The maximum atomic E-state index is 12.9. The summed E-state index contributed by atoms with van der Waals surface area (Å²) < 4.78 is 26.1. The Morgan fingerprint density at radius 3 is 2.69 bits per heavy atom. The molecule has 2 aromatic carbocycles. The van der Waals surface area contributed by atoms with Gasteiger partial charge in [0.2, 0.25) is 5.13 Å². The van der Waals surface area contributed by atoms with Crippen molar-refractivity contribution in [3.8, 4) is 16.6 Å². The highest BCUT2D eigenvalue weighted by molar-refractivity contribution is 7.20. The van der Waals surface area contributed by atoms with Crippen molar-refractivity contribution in [2.24, 2.45) is 0 Å². The number of carbonyl (C=O) groups is 1. The summed E-state index contributed by atoms with van der Waals surface area (Å²) >= 11 is 1.44. The number of thiazole rings is 1. The maximum absolute atomic E-state index is 12.9. The molecule has 2 heterocycles. The molecule has 0 saturated carbocycles. The zero-order valence-corrected chi connectivity index (χ0v) is 16.5. The zero-order chi connectivity index (χ0) is 20.4. The Labute approximate surface area is 169 Å². The van der Waals surface area contributed by atoms with Gasteiger partial charge in [-0.05, 0) is 49.4 Å². The summed E-state index contributed by atoms with van der Waals surface area (Å²) in [7, 11) is 1.61. The molecule has 1 amide bonds. The minimum atomic E-state index is -0.366. The number of benzene rings is 2. The molecule has 4 aromatic rings. The van der Waals surface area contributed by atoms with E-state index in [4.69, 9.17) is 9.47 Å². The number of amides is 1. The fourth-order valence-electron chi connectivity index (χ4n) is 2.70. The van der Waals surface area contributed by atoms with Gasteiger partial charge >= 0.3 is 0 Å². The lowest BCUT2D eigenvalue weighted by Gasteiger charge is -2.08. The second-order valence-corrected chi connectivity index (χ2v) is 7.21. The largest absolute Gasteiger partial charge is 0.497 e. The van der Waals surface area contributed by atoms with E-state index in [2.05, 4.69) is 15.4 Å². The Hall–Kier alpha value is -3.46. The molecule has 0 aliphatic heterocycles. The van der Waals surface area contributed by atoms with Crippen molar-refractivity contribution < 1.29 is 18.7 Å². The van der Waals surface area contributed by atoms with Gasteiger partial charge in [0, 0.05) is 6.07 Å². The third kappa shape index (κ3) is 4.19. The number of ether oxygens (including phenoxy) is 2. The van der Waals surface area contributed by atoms with Gasteiger partial charge in [0.05, 0.1) is 23.0 Å². The van der Waals surface area contributed by atoms with Crippen LogP contribution in [0.3, 0.4) is 0 Å². The summed E-state index contributed by atoms with van der Waals surface area (Å²) in [6.07, 6.45) is 0. The van der Waals surface area contributed by atoms with Gasteiger partial charge in [0.15, 0.2) is 6.61 Å². The molecule has 0 aliphatic rings. The van der Waals surface area contributed by atoms with Crippen LogP contribution in [0.25, 0.3) is 15.3 Å². The van der Waals surface area contributed by atoms with Crippen molar-refractivity contribution in [3.63, 3.8) is 0 Å². The second-order valence-electron chi connectivity index (χ2n) is 6.20. The zero-order valence-electron chi connectivity index (χ0n) is 15.7. The number of nitrogens with zero attached hydrogens (tertiary/aromatic N) is 3. The first-order valence-corrected chi connectivity index (χ1v) is 9.53. The third-order valence-corrected chi connectivity index (χ3v) is 5.04. The number of halogens is 1. The Morgan fingerprint density at radius 1 is 1.17 bits per heavy atom. The summed E-state index contributed by atoms with van der Waals surface area (Å²) in [6.45, 7) is 1.62. The highest BCUT2D eigenvalue weighted by Gasteiger charge is 2.15. The minimum Gasteiger partial charge on any atom is -0.497 e. The van der Waals surface area contributed by atoms with E-state index in [1.54, 1.807) is 17.9 Å². The van der Waals surface area contributed by atoms with Gasteiger partial charge < -0.3 is 14.8 Å². The summed E-state index contributed by atoms with van der Waals surface area (Å²) in [5.41, 5.74) is 1.55. The number of hydrogen-bond acceptors (Lipinski definition) is 6. The maximum Gasteiger partial charge on any atom is 0.263 e. The van der Waals surface area contributed by atoms with Crippen LogP contribution in [-0.4, -0.2) is 34.4 Å². The van der Waals surface area contributed by atoms with E-state index in [0.29, 0.717) is 16.7 Å². The number of rotatable bonds is 6. The monoisotopic (exact) mass is 412 g/mol. The number of hydrogen-bond donors (Lipinski definition) is 1. The van der Waals surface area contributed by atoms with E-state index in [1.165, 1.54) is 35.6 Å². The van der Waals surface area contributed by atoms with Crippen molar-refractivity contribution in [1.29, 1.82) is 0 Å². The molecule has 0 bridgehead atoms. The van der Waals surface area contributed by atoms with Gasteiger partial charge in [-0.3, -0.25) is 4.79 Å². The van der Waals surface area contributed by atoms with E-state index < -0.39 is 0 Å². The Kier molecular flexibility index (Phi) is 5.13. The Morgan fingerprint density at radius 2 is 1.93 bits per heavy atom. The van der Waals surface area contributed by atoms with Crippen molar-refractivity contribution in [2.75, 3.05) is 19.0 Å². The van der Waals surface area contributed by atoms with E-state index in [9.17, 15) is 9.18 Å². The summed E-state index contributed by atoms with van der Waals surface area (Å²) in [5.74, 6) is 0.913. The van der Waals surface area contributed by atoms with Gasteiger partial charge in [-0.15, -0.1) is 0 Å². The molecule has 9 heteroatoms. The first-order chi connectivity index (χ1) is 14.0. The van der Waals surface area contributed by atoms with Crippen LogP contribution in [0.1, 0.15) is 5.69 Å². The average Bonchev–Trinajstić information content (AvgIpc) is 3.29. The van der Waals surface area contributed by atoms with E-state index >= 15 is 0 Å². The molecule has 0 atom stereocenters. The van der Waals surface area contributed by atoms with Crippen LogP contribution >= 0.6 is 11.3 Å². The molecule has 0 fully saturated rings. The van der Waals surface area contributed by atoms with Gasteiger partial charge in [0.1, 0.15) is 23.1 Å². The van der Waals surface area contributed by atoms with E-state index in [-0.39, 0.29) is 18.3 Å². The van der Waals surface area contributed by atoms with Crippen LogP contribution in [0.4, 0.5) is 10.2 Å². The molecule has 0 radical (unpaired) electrons. The summed E-state index contributed by atoms with van der Waals surface area (Å²) in [5, 5.41) is 7.84. The minimum absolute atomic E-state index is 0.215. The van der Waals surface area contributed by atoms with Crippen LogP contribution in [0.15, 0.2) is 48.5 Å². The van der Waals surface area contributed by atoms with Crippen LogP contribution < -0.4 is 14.8 Å². The molecule has 29 heavy (non-hydrogen) atoms. The first kappa shape index (κ1) is 18.9. The highest BCUT2D eigenvalue weighted by Crippen LogP contribution is 2.30. The fourth-order valence-corrected chi connectivity index (χ4v) is 3.66. The van der Waals surface area contributed by atoms with Crippen LogP contribution in [0, 0.1) is 12.7 Å². The molecular formula is C20H17FN4O3S. The molecule has 2 aromatic heterocycles. The van der Waals surface area contributed by atoms with Crippen molar-refractivity contribution in [3.05, 3.63) is 60.0 Å². The van der Waals surface area contributed by atoms with Crippen molar-refractivity contribution >= 4 is 33.3 Å². The van der Waals surface area contributed by atoms with Gasteiger partial charge in [-0.2, -0.15) is 9.78 Å². The molecular weight excluding hydrogens is 395 g/mol. The fraction of sp³-hybridized carbons (Fsp3) is 0.150. The van der Waals surface area contributed by atoms with Gasteiger partial charge in [0.25, 0.3) is 5.91 Å². The van der Waals surface area contributed by atoms with Gasteiger partial charge in [-0.25, -0.2) is 9.37 Å². The second kappa shape index (κ2) is 7.88. The van der Waals surface area contributed by atoms with E-state index in [1.807, 2.05) is 25.1 Å². The predicted octanol–water partition coefficient (Wildman–Crippen LogP) is 3.96. The Bertz CT molecular complexity index is 1170. The molecule has 0 saturated heterocycles. The molecule has 7 nitrogen and oxygen atoms in total. The molecule has 0 spiro atoms. The standard InChI is InChI=1S/C20H17FN4O3S/c1-12-9-18(23-19(26)11-28-14-5-3-13(21)4-6-14)25(24-12)20-22-16-8-7-15(27-2)10-17(16)29-20/h3-10H,11H2,1-2H3,(H,23,26). The summed E-state index contributed by atoms with van der Waals surface area (Å²) in [6, 6.07) is 12.8. The molecule has 1 N–H and O–H groups in total. The topological polar surface area (TPSA) is 78.3 Å². The number of methoxy groups -OCH3 is 1. The van der Waals surface area contributed by atoms with Crippen molar-refractivity contribution in [2.45, 2.75) is 6.92 Å². The highest BCUT2D eigenvalue weighted by atomic mass is 32.1. The van der Waals surface area contributed by atoms with Crippen LogP contribution in [0.5, 0.6) is 11.5 Å². The lowest BCUT2D eigenvalue weighted by atomic mass is 10.3. The molecule has 0 aliphatic carbocycles. The van der Waals surface area contributed by atoms with Gasteiger partial charge in [-0.1, -0.05) is 11.3 Å². The normalized spacial score (nSPS) is 10.9. The SMILES string of the molecule is COc1ccc2nc(-n3nc(C)cc3NC(=O)COc3ccc(F)cc3)sc2c1. The number of nitrogens with one attached hydrogen (secondary N) is 1. The van der Waals surface area contributed by atoms with Crippen LogP contribution in [0.2, 0.25) is 0 Å². The van der Waals surface area contributed by atoms with Crippen molar-refractivity contribution in [1.82, 2.24) is 14.8 Å². The quantitative estimate of drug-likeness (QED) is 0.519. The predicted molar refractivity (Wildman–Crippen MR) is 109 cm³/mol. The third-order valence-electron chi connectivity index (χ3n) is 4.05. The molecule has 148 valence electrons. The average molecular weight is 412 g/mol. The molecule has 0 unspecified atom stereocenters. The van der Waals surface area contributed by atoms with Crippen LogP contribution in [-0.2, 0) is 4.79 Å². The summed E-state index contributed by atoms with van der Waals surface area (Å²) in [4.78, 5) is 16.9. The lowest BCUT2D eigenvalue weighted by molar-refractivity contribution is -0.118. The number of anilines is 1. The number of aromatic nitrogens is 3. The molecule has 4 rings (SSSR count). The first-order valence-electron chi connectivity index (χ1n) is 8.71. The lowest BCUT2D eigenvalue weighted by Crippen LogP contribution is -2.21. The smallest absolute Gasteiger partial charge is 0.263 e. The number of aryl methyl sites for hydroxylation is 1. The number of carbonyl (C=O) groups excluding carboxylic acids is 1. The number of fused-ring (bicyclic) bond motifs is 1.